The number of hydrogen-bond acceptors (Lipinski definition) is 4. The predicted octanol–water partition coefficient (Wildman–Crippen LogP) is 2.49. The standard InChI is InChI=1S/C12H15N3S/c1-3-9-5-4-6-14-11(9)12-15-8-10(16-12)7-13-2/h4-6,8,13H,3,7H2,1-2H3. The normalized spacial score (nSPS) is 10.6. The van der Waals surface area contributed by atoms with Crippen molar-refractivity contribution in [1.29, 1.82) is 0 Å². The van der Waals surface area contributed by atoms with Gasteiger partial charge in [-0.1, -0.05) is 13.0 Å². The summed E-state index contributed by atoms with van der Waals surface area (Å²) in [6, 6.07) is 4.09. The second kappa shape index (κ2) is 5.18. The Morgan fingerprint density at radius 2 is 2.25 bits per heavy atom. The lowest BCUT2D eigenvalue weighted by Gasteiger charge is -2.01. The molecule has 0 bridgehead atoms. The molecule has 2 aromatic rings. The highest BCUT2D eigenvalue weighted by Crippen LogP contribution is 2.26. The molecule has 0 fully saturated rings. The highest BCUT2D eigenvalue weighted by Gasteiger charge is 2.09. The Balaban J connectivity index is 2.34. The third-order valence-electron chi connectivity index (χ3n) is 2.38. The van der Waals surface area contributed by atoms with E-state index in [-0.39, 0.29) is 0 Å². The molecule has 0 aliphatic heterocycles. The van der Waals surface area contributed by atoms with Crippen LogP contribution in [0.2, 0.25) is 0 Å². The Morgan fingerprint density at radius 1 is 1.38 bits per heavy atom. The van der Waals surface area contributed by atoms with Gasteiger partial charge in [0.25, 0.3) is 0 Å². The maximum Gasteiger partial charge on any atom is 0.142 e. The molecule has 0 amide bonds. The van der Waals surface area contributed by atoms with Gasteiger partial charge in [-0.05, 0) is 25.1 Å². The van der Waals surface area contributed by atoms with Gasteiger partial charge in [-0.15, -0.1) is 11.3 Å². The van der Waals surface area contributed by atoms with E-state index in [2.05, 4.69) is 28.3 Å². The highest BCUT2D eigenvalue weighted by atomic mass is 32.1. The fourth-order valence-corrected chi connectivity index (χ4v) is 2.55. The van der Waals surface area contributed by atoms with Crippen molar-refractivity contribution in [1.82, 2.24) is 15.3 Å². The monoisotopic (exact) mass is 233 g/mol. The number of aromatic nitrogens is 2. The first-order valence-electron chi connectivity index (χ1n) is 5.38. The zero-order valence-corrected chi connectivity index (χ0v) is 10.3. The van der Waals surface area contributed by atoms with Crippen molar-refractivity contribution < 1.29 is 0 Å². The van der Waals surface area contributed by atoms with Crippen LogP contribution in [0.5, 0.6) is 0 Å². The molecule has 16 heavy (non-hydrogen) atoms. The van der Waals surface area contributed by atoms with E-state index in [1.807, 2.05) is 25.5 Å². The summed E-state index contributed by atoms with van der Waals surface area (Å²) in [7, 11) is 1.94. The smallest absolute Gasteiger partial charge is 0.142 e. The highest BCUT2D eigenvalue weighted by molar-refractivity contribution is 7.15. The number of nitrogens with zero attached hydrogens (tertiary/aromatic N) is 2. The molecule has 0 aromatic carbocycles. The van der Waals surface area contributed by atoms with Gasteiger partial charge in [-0.2, -0.15) is 0 Å². The zero-order valence-electron chi connectivity index (χ0n) is 9.53. The molecule has 84 valence electrons. The van der Waals surface area contributed by atoms with Gasteiger partial charge in [-0.3, -0.25) is 4.98 Å². The van der Waals surface area contributed by atoms with E-state index in [1.54, 1.807) is 11.3 Å². The van der Waals surface area contributed by atoms with Crippen LogP contribution in [0.1, 0.15) is 17.4 Å². The summed E-state index contributed by atoms with van der Waals surface area (Å²) in [5.41, 5.74) is 2.28. The lowest BCUT2D eigenvalue weighted by molar-refractivity contribution is 0.829. The molecule has 0 unspecified atom stereocenters. The van der Waals surface area contributed by atoms with Crippen LogP contribution >= 0.6 is 11.3 Å². The van der Waals surface area contributed by atoms with Crippen molar-refractivity contribution in [3.63, 3.8) is 0 Å². The van der Waals surface area contributed by atoms with E-state index < -0.39 is 0 Å². The van der Waals surface area contributed by atoms with Gasteiger partial charge < -0.3 is 5.32 Å². The van der Waals surface area contributed by atoms with E-state index in [4.69, 9.17) is 0 Å². The molecule has 2 rings (SSSR count). The molecular weight excluding hydrogens is 218 g/mol. The Hall–Kier alpha value is -1.26. The average molecular weight is 233 g/mol. The van der Waals surface area contributed by atoms with Crippen LogP contribution in [0.4, 0.5) is 0 Å². The van der Waals surface area contributed by atoms with Gasteiger partial charge >= 0.3 is 0 Å². The van der Waals surface area contributed by atoms with Crippen molar-refractivity contribution in [3.05, 3.63) is 35.0 Å². The largest absolute Gasteiger partial charge is 0.315 e. The quantitative estimate of drug-likeness (QED) is 0.881. The number of nitrogens with one attached hydrogen (secondary N) is 1. The zero-order chi connectivity index (χ0) is 11.4. The van der Waals surface area contributed by atoms with Crippen molar-refractivity contribution in [2.24, 2.45) is 0 Å². The molecular formula is C12H15N3S. The van der Waals surface area contributed by atoms with Gasteiger partial charge in [0, 0.05) is 23.8 Å². The Kier molecular flexibility index (Phi) is 3.64. The molecule has 0 spiro atoms. The second-order valence-corrected chi connectivity index (χ2v) is 4.64. The van der Waals surface area contributed by atoms with E-state index >= 15 is 0 Å². The minimum atomic E-state index is 0.867. The maximum atomic E-state index is 4.43. The second-order valence-electron chi connectivity index (χ2n) is 3.53. The predicted molar refractivity (Wildman–Crippen MR) is 67.5 cm³/mol. The first kappa shape index (κ1) is 11.2. The molecule has 0 aliphatic carbocycles. The molecule has 2 aromatic heterocycles. The van der Waals surface area contributed by atoms with E-state index in [0.29, 0.717) is 0 Å². The van der Waals surface area contributed by atoms with Crippen LogP contribution in [-0.2, 0) is 13.0 Å². The summed E-state index contributed by atoms with van der Waals surface area (Å²) in [6.45, 7) is 3.01. The maximum absolute atomic E-state index is 4.43. The van der Waals surface area contributed by atoms with Crippen molar-refractivity contribution >= 4 is 11.3 Å². The topological polar surface area (TPSA) is 37.8 Å². The van der Waals surface area contributed by atoms with E-state index in [9.17, 15) is 0 Å². The molecule has 0 saturated carbocycles. The fraction of sp³-hybridized carbons (Fsp3) is 0.333. The number of hydrogen-bond donors (Lipinski definition) is 1. The van der Waals surface area contributed by atoms with E-state index in [1.165, 1.54) is 10.4 Å². The molecule has 4 heteroatoms. The first-order chi connectivity index (χ1) is 7.85. The number of thiazole rings is 1. The number of aryl methyl sites for hydroxylation is 1. The fourth-order valence-electron chi connectivity index (χ4n) is 1.59. The molecule has 0 saturated heterocycles. The number of rotatable bonds is 4. The lowest BCUT2D eigenvalue weighted by Crippen LogP contribution is -2.02. The van der Waals surface area contributed by atoms with Crippen molar-refractivity contribution in [2.75, 3.05) is 7.05 Å². The van der Waals surface area contributed by atoms with Gasteiger partial charge in [0.15, 0.2) is 0 Å². The van der Waals surface area contributed by atoms with Crippen LogP contribution < -0.4 is 5.32 Å². The van der Waals surface area contributed by atoms with Gasteiger partial charge in [0.1, 0.15) is 10.7 Å². The first-order valence-corrected chi connectivity index (χ1v) is 6.20. The summed E-state index contributed by atoms with van der Waals surface area (Å²) < 4.78 is 0. The van der Waals surface area contributed by atoms with E-state index in [0.717, 1.165) is 23.7 Å². The third kappa shape index (κ3) is 2.28. The molecule has 0 radical (unpaired) electrons. The van der Waals surface area contributed by atoms with Crippen LogP contribution in [0.25, 0.3) is 10.7 Å². The summed E-state index contributed by atoms with van der Waals surface area (Å²) in [5.74, 6) is 0. The third-order valence-corrected chi connectivity index (χ3v) is 3.38. The Morgan fingerprint density at radius 3 is 3.00 bits per heavy atom. The average Bonchev–Trinajstić information content (AvgIpc) is 2.78. The number of pyridine rings is 1. The SMILES string of the molecule is CCc1cccnc1-c1ncc(CNC)s1. The van der Waals surface area contributed by atoms with Crippen LogP contribution in [0, 0.1) is 0 Å². The summed E-state index contributed by atoms with van der Waals surface area (Å²) >= 11 is 1.70. The van der Waals surface area contributed by atoms with Crippen LogP contribution in [0.3, 0.4) is 0 Å². The lowest BCUT2D eigenvalue weighted by atomic mass is 10.1. The van der Waals surface area contributed by atoms with Crippen LogP contribution in [-0.4, -0.2) is 17.0 Å². The Bertz CT molecular complexity index is 465. The molecule has 2 heterocycles. The molecule has 0 atom stereocenters. The summed E-state index contributed by atoms with van der Waals surface area (Å²) in [4.78, 5) is 10.1. The minimum absolute atomic E-state index is 0.867. The summed E-state index contributed by atoms with van der Waals surface area (Å²) in [5, 5.41) is 4.14. The Labute approximate surface area is 99.6 Å². The van der Waals surface area contributed by atoms with Crippen molar-refractivity contribution in [2.45, 2.75) is 19.9 Å². The van der Waals surface area contributed by atoms with Crippen LogP contribution in [0.15, 0.2) is 24.5 Å². The van der Waals surface area contributed by atoms with Gasteiger partial charge in [0.2, 0.25) is 0 Å². The summed E-state index contributed by atoms with van der Waals surface area (Å²) in [6.07, 6.45) is 4.74. The van der Waals surface area contributed by atoms with Gasteiger partial charge in [-0.25, -0.2) is 4.98 Å². The minimum Gasteiger partial charge on any atom is -0.315 e. The van der Waals surface area contributed by atoms with Crippen molar-refractivity contribution in [3.8, 4) is 10.7 Å². The van der Waals surface area contributed by atoms with Gasteiger partial charge in [0.05, 0.1) is 0 Å². The molecule has 1 N–H and O–H groups in total. The molecule has 3 nitrogen and oxygen atoms in total. The molecule has 0 aliphatic rings.